The van der Waals surface area contributed by atoms with E-state index < -0.39 is 0 Å². The first-order chi connectivity index (χ1) is 46.1. The first-order valence-corrected chi connectivity index (χ1v) is 38.7. The molecule has 0 bridgehead atoms. The third kappa shape index (κ3) is 21.6. The minimum Gasteiger partial charge on any atom is -0.508 e. The van der Waals surface area contributed by atoms with Crippen molar-refractivity contribution in [1.29, 1.82) is 0 Å². The number of rotatable bonds is 34. The van der Waals surface area contributed by atoms with Crippen LogP contribution in [0, 0.1) is 47.3 Å². The molecule has 10 atom stereocenters. The fraction of sp³-hybridized carbons (Fsp3) is 0.636. The van der Waals surface area contributed by atoms with Crippen LogP contribution in [-0.4, -0.2) is 46.9 Å². The molecule has 4 aliphatic rings. The topological polar surface area (TPSA) is 118 Å². The summed E-state index contributed by atoms with van der Waals surface area (Å²) in [6.07, 6.45) is 33.2. The first-order valence-electron chi connectivity index (χ1n) is 38.7. The zero-order chi connectivity index (χ0) is 69.6. The predicted molar refractivity (Wildman–Crippen MR) is 404 cm³/mol. The van der Waals surface area contributed by atoms with E-state index >= 15 is 0 Å². The molecule has 8 heteroatoms. The summed E-state index contributed by atoms with van der Waals surface area (Å²) in [4.78, 5) is 0. The molecule has 0 spiro atoms. The van der Waals surface area contributed by atoms with Gasteiger partial charge in [-0.3, -0.25) is 0 Å². The minimum absolute atomic E-state index is 0.0291. The molecule has 0 unspecified atom stereocenters. The van der Waals surface area contributed by atoms with E-state index in [1.165, 1.54) is 75.4 Å². The summed E-state index contributed by atoms with van der Waals surface area (Å²) in [6, 6.07) is 16.6. The third-order valence-corrected chi connectivity index (χ3v) is 22.4. The lowest BCUT2D eigenvalue weighted by atomic mass is 9.67. The predicted octanol–water partition coefficient (Wildman–Crippen LogP) is 24.4. The largest absolute Gasteiger partial charge is 0.508 e. The molecule has 96 heavy (non-hydrogen) atoms. The molecule has 4 aromatic rings. The highest BCUT2D eigenvalue weighted by molar-refractivity contribution is 5.55. The van der Waals surface area contributed by atoms with Gasteiger partial charge in [0.25, 0.3) is 0 Å². The van der Waals surface area contributed by atoms with Crippen LogP contribution in [0.3, 0.4) is 0 Å². The molecule has 0 aliphatic heterocycles. The van der Waals surface area contributed by atoms with Crippen molar-refractivity contribution in [2.45, 2.75) is 288 Å². The quantitative estimate of drug-likeness (QED) is 0.0270. The lowest BCUT2D eigenvalue weighted by Gasteiger charge is -2.38. The molecule has 532 valence electrons. The van der Waals surface area contributed by atoms with Gasteiger partial charge in [-0.25, -0.2) is 0 Å². The SMILES string of the molecule is C=C(C)[C@@H]1CCC(C)=C[C@H]1c1c(O)cc(CCCCC)cc1OCCOc1cc(CCCCC)cc(O)c1[C@@H]1C[C@@H](C)CC[C@H]1C(C)C.C=C(C)[C@@H]1CCC(C)=C[C@H]1c1c(O)cc(CCCCC)cc1OCCOc1cc(CCCCC)cc(O)c1[C@@H]1C[C@H](C)CC[C@H]1C(C)C. The fourth-order valence-electron chi connectivity index (χ4n) is 16.9. The van der Waals surface area contributed by atoms with E-state index in [2.05, 4.69) is 147 Å². The Labute approximate surface area is 584 Å². The molecule has 0 aromatic heterocycles. The van der Waals surface area contributed by atoms with Gasteiger partial charge in [0.05, 0.1) is 0 Å². The molecule has 0 radical (unpaired) electrons. The molecule has 0 heterocycles. The maximum atomic E-state index is 11.6. The Balaban J connectivity index is 0.000000271. The second kappa shape index (κ2) is 38.6. The van der Waals surface area contributed by atoms with Gasteiger partial charge in [-0.05, 0) is 260 Å². The summed E-state index contributed by atoms with van der Waals surface area (Å²) < 4.78 is 26.5. The number of ether oxygens (including phenoxy) is 4. The van der Waals surface area contributed by atoms with Crippen molar-refractivity contribution in [3.63, 3.8) is 0 Å². The summed E-state index contributed by atoms with van der Waals surface area (Å²) in [5.41, 5.74) is 13.2. The molecular formula is C88H132O8. The summed E-state index contributed by atoms with van der Waals surface area (Å²) in [7, 11) is 0. The smallest absolute Gasteiger partial charge is 0.127 e. The van der Waals surface area contributed by atoms with Gasteiger partial charge >= 0.3 is 0 Å². The van der Waals surface area contributed by atoms with Crippen LogP contribution in [-0.2, 0) is 25.7 Å². The van der Waals surface area contributed by atoms with E-state index in [9.17, 15) is 20.4 Å². The zero-order valence-electron chi connectivity index (χ0n) is 62.8. The molecule has 0 amide bonds. The van der Waals surface area contributed by atoms with Crippen LogP contribution in [0.25, 0.3) is 0 Å². The van der Waals surface area contributed by atoms with Crippen LogP contribution < -0.4 is 18.9 Å². The Kier molecular flexibility index (Phi) is 31.2. The van der Waals surface area contributed by atoms with Crippen LogP contribution >= 0.6 is 0 Å². The highest BCUT2D eigenvalue weighted by Crippen LogP contribution is 2.53. The first kappa shape index (κ1) is 77.6. The number of allylic oxidation sites excluding steroid dienone is 6. The van der Waals surface area contributed by atoms with Crippen molar-refractivity contribution in [3.8, 4) is 46.0 Å². The van der Waals surface area contributed by atoms with E-state index in [-0.39, 0.29) is 35.5 Å². The molecular weight excluding hydrogens is 1180 g/mol. The van der Waals surface area contributed by atoms with E-state index in [1.54, 1.807) is 0 Å². The second-order valence-corrected chi connectivity index (χ2v) is 31.3. The van der Waals surface area contributed by atoms with E-state index in [0.717, 1.165) is 181 Å². The molecule has 2 fully saturated rings. The molecule has 8 nitrogen and oxygen atoms in total. The molecule has 2 saturated carbocycles. The lowest BCUT2D eigenvalue weighted by Crippen LogP contribution is -2.27. The Bertz CT molecular complexity index is 2950. The average Bonchev–Trinajstić information content (AvgIpc) is 0.815. The lowest BCUT2D eigenvalue weighted by molar-refractivity contribution is 0.182. The van der Waals surface area contributed by atoms with Crippen molar-refractivity contribution in [2.75, 3.05) is 26.4 Å². The van der Waals surface area contributed by atoms with Gasteiger partial charge in [-0.1, -0.05) is 181 Å². The van der Waals surface area contributed by atoms with Crippen molar-refractivity contribution in [1.82, 2.24) is 0 Å². The Morgan fingerprint density at radius 3 is 0.969 bits per heavy atom. The van der Waals surface area contributed by atoms with Crippen LogP contribution in [0.15, 0.2) is 96.1 Å². The molecule has 4 aliphatic carbocycles. The van der Waals surface area contributed by atoms with E-state index in [0.29, 0.717) is 84.9 Å². The van der Waals surface area contributed by atoms with Crippen molar-refractivity contribution < 1.29 is 39.4 Å². The van der Waals surface area contributed by atoms with Crippen molar-refractivity contribution >= 4 is 0 Å². The van der Waals surface area contributed by atoms with Gasteiger partial charge in [-0.2, -0.15) is 0 Å². The summed E-state index contributed by atoms with van der Waals surface area (Å²) in [5, 5.41) is 46.2. The number of benzene rings is 4. The van der Waals surface area contributed by atoms with Crippen molar-refractivity contribution in [3.05, 3.63) is 141 Å². The van der Waals surface area contributed by atoms with Gasteiger partial charge < -0.3 is 39.4 Å². The van der Waals surface area contributed by atoms with Crippen molar-refractivity contribution in [2.24, 2.45) is 47.3 Å². The Hall–Kier alpha value is -5.76. The highest BCUT2D eigenvalue weighted by Gasteiger charge is 2.38. The van der Waals surface area contributed by atoms with Crippen LogP contribution in [0.5, 0.6) is 46.0 Å². The number of aryl methyl sites for hydroxylation is 4. The third-order valence-electron chi connectivity index (χ3n) is 22.4. The second-order valence-electron chi connectivity index (χ2n) is 31.3. The maximum Gasteiger partial charge on any atom is 0.127 e. The molecule has 4 N–H and O–H groups in total. The van der Waals surface area contributed by atoms with Gasteiger partial charge in [-0.15, -0.1) is 0 Å². The standard InChI is InChI=1S/2C44H66O4/c2*1-9-11-13-15-33-25-39(45)43(37-23-31(7)17-19-35(37)29(3)4)41(27-33)47-21-22-48-42-28-34(16-14-12-10-2)26-40(46)44(42)38-24-32(8)18-20-36(38)30(5)6/h2*23,25-28,30,32,35-38,45-46H,3,9-22,24H2,1-2,4-8H3/t32-,35+,36+,37-,38-;32-,35-,36-,37+,38+/m10/s1. The number of unbranched alkanes of at least 4 members (excludes halogenated alkanes) is 8. The summed E-state index contributed by atoms with van der Waals surface area (Å²) in [6.45, 7) is 41.5. The molecule has 8 rings (SSSR count). The minimum atomic E-state index is 0.0291. The summed E-state index contributed by atoms with van der Waals surface area (Å²) >= 11 is 0. The number of phenols is 4. The van der Waals surface area contributed by atoms with Gasteiger partial charge in [0.2, 0.25) is 0 Å². The van der Waals surface area contributed by atoms with Crippen LogP contribution in [0.1, 0.15) is 306 Å². The fourth-order valence-corrected chi connectivity index (χ4v) is 16.9. The molecule has 0 saturated heterocycles. The average molecular weight is 1320 g/mol. The van der Waals surface area contributed by atoms with Gasteiger partial charge in [0.15, 0.2) is 0 Å². The van der Waals surface area contributed by atoms with Gasteiger partial charge in [0.1, 0.15) is 72.4 Å². The van der Waals surface area contributed by atoms with Crippen LogP contribution in [0.4, 0.5) is 0 Å². The normalized spacial score (nSPS) is 22.8. The van der Waals surface area contributed by atoms with Gasteiger partial charge in [0, 0.05) is 34.1 Å². The maximum absolute atomic E-state index is 11.6. The monoisotopic (exact) mass is 1320 g/mol. The van der Waals surface area contributed by atoms with E-state index in [4.69, 9.17) is 18.9 Å². The zero-order valence-corrected chi connectivity index (χ0v) is 62.8. The Morgan fingerprint density at radius 2 is 0.698 bits per heavy atom. The summed E-state index contributed by atoms with van der Waals surface area (Å²) in [5.74, 6) is 9.07. The molecule has 4 aromatic carbocycles. The number of hydrogen-bond donors (Lipinski definition) is 4. The number of phenolic OH excluding ortho intramolecular Hbond substituents is 4. The Morgan fingerprint density at radius 1 is 0.417 bits per heavy atom. The van der Waals surface area contributed by atoms with Crippen LogP contribution in [0.2, 0.25) is 0 Å². The number of hydrogen-bond acceptors (Lipinski definition) is 8. The number of aromatic hydroxyl groups is 4. The van der Waals surface area contributed by atoms with E-state index in [1.807, 2.05) is 24.3 Å². The highest BCUT2D eigenvalue weighted by atomic mass is 16.5.